The van der Waals surface area contributed by atoms with Crippen molar-refractivity contribution in [3.63, 3.8) is 0 Å². The van der Waals surface area contributed by atoms with Gasteiger partial charge in [-0.1, -0.05) is 13.0 Å². The first kappa shape index (κ1) is 6.54. The SMILES string of the molecule is C/C=C/OCCC. The first-order valence-corrected chi connectivity index (χ1v) is 2.64. The average molecular weight is 100 g/mol. The second kappa shape index (κ2) is 5.54. The minimum absolute atomic E-state index is 0.838. The quantitative estimate of drug-likeness (QED) is 0.389. The number of allylic oxidation sites excluding steroid dienone is 1. The van der Waals surface area contributed by atoms with Crippen LogP contribution in [-0.4, -0.2) is 6.61 Å². The lowest BCUT2D eigenvalue weighted by atomic mass is 10.5. The van der Waals surface area contributed by atoms with E-state index >= 15 is 0 Å². The summed E-state index contributed by atoms with van der Waals surface area (Å²) in [7, 11) is 0. The lowest BCUT2D eigenvalue weighted by Gasteiger charge is -1.91. The van der Waals surface area contributed by atoms with Crippen molar-refractivity contribution >= 4 is 0 Å². The summed E-state index contributed by atoms with van der Waals surface area (Å²) in [6.45, 7) is 4.86. The van der Waals surface area contributed by atoms with Gasteiger partial charge in [-0.2, -0.15) is 0 Å². The molecule has 0 unspecified atom stereocenters. The van der Waals surface area contributed by atoms with Crippen molar-refractivity contribution in [2.75, 3.05) is 6.61 Å². The van der Waals surface area contributed by atoms with Crippen molar-refractivity contribution in [1.82, 2.24) is 0 Å². The molecular weight excluding hydrogens is 88.1 g/mol. The molecule has 0 heterocycles. The highest BCUT2D eigenvalue weighted by molar-refractivity contribution is 4.64. The van der Waals surface area contributed by atoms with Gasteiger partial charge in [0.2, 0.25) is 0 Å². The predicted octanol–water partition coefficient (Wildman–Crippen LogP) is 1.95. The summed E-state index contributed by atoms with van der Waals surface area (Å²) in [4.78, 5) is 0. The Hall–Kier alpha value is -0.460. The molecule has 0 radical (unpaired) electrons. The maximum absolute atomic E-state index is 4.95. The molecule has 0 fully saturated rings. The Labute approximate surface area is 45.0 Å². The molecule has 0 aromatic rings. The fourth-order valence-corrected chi connectivity index (χ4v) is 0.282. The third kappa shape index (κ3) is 5.54. The number of rotatable bonds is 3. The van der Waals surface area contributed by atoms with Crippen LogP contribution in [0.3, 0.4) is 0 Å². The number of hydrogen-bond donors (Lipinski definition) is 0. The smallest absolute Gasteiger partial charge is 0.0870 e. The average Bonchev–Trinajstić information content (AvgIpc) is 1.69. The Kier molecular flexibility index (Phi) is 5.18. The summed E-state index contributed by atoms with van der Waals surface area (Å²) in [6, 6.07) is 0. The highest BCUT2D eigenvalue weighted by Gasteiger charge is 1.70. The monoisotopic (exact) mass is 100 g/mol. The minimum Gasteiger partial charge on any atom is -0.502 e. The molecule has 0 aliphatic carbocycles. The number of ether oxygens (including phenoxy) is 1. The van der Waals surface area contributed by atoms with Crippen molar-refractivity contribution in [3.8, 4) is 0 Å². The Morgan fingerprint density at radius 2 is 2.29 bits per heavy atom. The van der Waals surface area contributed by atoms with E-state index in [4.69, 9.17) is 4.74 Å². The van der Waals surface area contributed by atoms with E-state index in [2.05, 4.69) is 6.92 Å². The van der Waals surface area contributed by atoms with Crippen LogP contribution in [0.15, 0.2) is 12.3 Å². The van der Waals surface area contributed by atoms with Crippen LogP contribution < -0.4 is 0 Å². The van der Waals surface area contributed by atoms with E-state index in [-0.39, 0.29) is 0 Å². The molecule has 42 valence electrons. The maximum atomic E-state index is 4.95. The summed E-state index contributed by atoms with van der Waals surface area (Å²) in [5.41, 5.74) is 0. The lowest BCUT2D eigenvalue weighted by molar-refractivity contribution is 0.249. The van der Waals surface area contributed by atoms with E-state index in [1.807, 2.05) is 13.0 Å². The van der Waals surface area contributed by atoms with E-state index < -0.39 is 0 Å². The zero-order valence-electron chi connectivity index (χ0n) is 4.98. The third-order valence-corrected chi connectivity index (χ3v) is 0.554. The molecule has 0 aromatic heterocycles. The molecule has 0 saturated heterocycles. The summed E-state index contributed by atoms with van der Waals surface area (Å²) in [5, 5.41) is 0. The Balaban J connectivity index is 2.69. The van der Waals surface area contributed by atoms with Crippen molar-refractivity contribution < 1.29 is 4.74 Å². The van der Waals surface area contributed by atoms with Crippen LogP contribution in [0.2, 0.25) is 0 Å². The topological polar surface area (TPSA) is 9.23 Å². The molecular formula is C6H12O. The molecule has 0 N–H and O–H groups in total. The Morgan fingerprint density at radius 1 is 1.57 bits per heavy atom. The van der Waals surface area contributed by atoms with Gasteiger partial charge in [0.1, 0.15) is 0 Å². The van der Waals surface area contributed by atoms with E-state index in [1.54, 1.807) is 6.26 Å². The molecule has 0 spiro atoms. The fraction of sp³-hybridized carbons (Fsp3) is 0.667. The van der Waals surface area contributed by atoms with Crippen LogP contribution in [0.25, 0.3) is 0 Å². The normalized spacial score (nSPS) is 10.0. The summed E-state index contributed by atoms with van der Waals surface area (Å²) >= 11 is 0. The van der Waals surface area contributed by atoms with Crippen molar-refractivity contribution in [3.05, 3.63) is 12.3 Å². The van der Waals surface area contributed by atoms with Gasteiger partial charge in [0.05, 0.1) is 12.9 Å². The van der Waals surface area contributed by atoms with Gasteiger partial charge >= 0.3 is 0 Å². The van der Waals surface area contributed by atoms with Crippen LogP contribution in [0, 0.1) is 0 Å². The molecule has 0 saturated carbocycles. The zero-order chi connectivity index (χ0) is 5.54. The molecule has 0 rings (SSSR count). The van der Waals surface area contributed by atoms with Gasteiger partial charge in [0.15, 0.2) is 0 Å². The molecule has 0 bridgehead atoms. The van der Waals surface area contributed by atoms with Gasteiger partial charge in [-0.05, 0) is 13.3 Å². The zero-order valence-corrected chi connectivity index (χ0v) is 4.98. The van der Waals surface area contributed by atoms with Gasteiger partial charge < -0.3 is 4.74 Å². The third-order valence-electron chi connectivity index (χ3n) is 0.554. The van der Waals surface area contributed by atoms with Gasteiger partial charge in [-0.25, -0.2) is 0 Å². The maximum Gasteiger partial charge on any atom is 0.0870 e. The van der Waals surface area contributed by atoms with E-state index in [0.717, 1.165) is 13.0 Å². The second-order valence-electron chi connectivity index (χ2n) is 1.34. The van der Waals surface area contributed by atoms with E-state index in [9.17, 15) is 0 Å². The van der Waals surface area contributed by atoms with Gasteiger partial charge in [-0.15, -0.1) is 0 Å². The van der Waals surface area contributed by atoms with Crippen LogP contribution in [0.5, 0.6) is 0 Å². The van der Waals surface area contributed by atoms with Gasteiger partial charge in [0, 0.05) is 0 Å². The summed E-state index contributed by atoms with van der Waals surface area (Å²) < 4.78 is 4.95. The molecule has 1 nitrogen and oxygen atoms in total. The second-order valence-corrected chi connectivity index (χ2v) is 1.34. The van der Waals surface area contributed by atoms with Crippen molar-refractivity contribution in [2.24, 2.45) is 0 Å². The fourth-order valence-electron chi connectivity index (χ4n) is 0.282. The molecule has 1 heteroatoms. The van der Waals surface area contributed by atoms with Gasteiger partial charge in [0.25, 0.3) is 0 Å². The summed E-state index contributed by atoms with van der Waals surface area (Å²) in [6.07, 6.45) is 4.68. The van der Waals surface area contributed by atoms with Crippen molar-refractivity contribution in [1.29, 1.82) is 0 Å². The lowest BCUT2D eigenvalue weighted by Crippen LogP contribution is -1.80. The van der Waals surface area contributed by atoms with Crippen LogP contribution in [-0.2, 0) is 4.74 Å². The van der Waals surface area contributed by atoms with Crippen LogP contribution in [0.1, 0.15) is 20.3 Å². The largest absolute Gasteiger partial charge is 0.502 e. The highest BCUT2D eigenvalue weighted by atomic mass is 16.5. The molecule has 0 amide bonds. The van der Waals surface area contributed by atoms with Crippen LogP contribution >= 0.6 is 0 Å². The van der Waals surface area contributed by atoms with E-state index in [0.29, 0.717) is 0 Å². The molecule has 0 aliphatic heterocycles. The first-order valence-electron chi connectivity index (χ1n) is 2.64. The molecule has 0 aromatic carbocycles. The highest BCUT2D eigenvalue weighted by Crippen LogP contribution is 1.79. The first-order chi connectivity index (χ1) is 3.41. The Morgan fingerprint density at radius 3 is 2.71 bits per heavy atom. The van der Waals surface area contributed by atoms with E-state index in [1.165, 1.54) is 0 Å². The summed E-state index contributed by atoms with van der Waals surface area (Å²) in [5.74, 6) is 0. The predicted molar refractivity (Wildman–Crippen MR) is 31.1 cm³/mol. The molecule has 0 atom stereocenters. The molecule has 0 aliphatic rings. The number of hydrogen-bond acceptors (Lipinski definition) is 1. The molecule has 7 heavy (non-hydrogen) atoms. The standard InChI is InChI=1S/C6H12O/c1-3-5-7-6-4-2/h3,5H,4,6H2,1-2H3/b5-3+. The minimum atomic E-state index is 0.838. The Bertz CT molecular complexity index is 48.1. The van der Waals surface area contributed by atoms with Crippen molar-refractivity contribution in [2.45, 2.75) is 20.3 Å². The van der Waals surface area contributed by atoms with Crippen LogP contribution in [0.4, 0.5) is 0 Å². The van der Waals surface area contributed by atoms with Gasteiger partial charge in [-0.3, -0.25) is 0 Å².